The molecule has 0 aliphatic rings. The maximum Gasteiger partial charge on any atom is 0.391 e. The van der Waals surface area contributed by atoms with Gasteiger partial charge in [-0.15, -0.1) is 0 Å². The van der Waals surface area contributed by atoms with Crippen LogP contribution in [0.2, 0.25) is 39.3 Å². The fraction of sp³-hybridized carbons (Fsp3) is 0.533. The lowest BCUT2D eigenvalue weighted by atomic mass is 10.1. The van der Waals surface area contributed by atoms with Crippen LogP contribution >= 0.6 is 7.60 Å². The summed E-state index contributed by atoms with van der Waals surface area (Å²) >= 11 is 0. The molecule has 0 heterocycles. The third-order valence-electron chi connectivity index (χ3n) is 4.57. The minimum Gasteiger partial charge on any atom is -0.319 e. The van der Waals surface area contributed by atoms with Crippen molar-refractivity contribution in [3.63, 3.8) is 0 Å². The van der Waals surface area contributed by atoms with Gasteiger partial charge in [0.25, 0.3) is 0 Å². The van der Waals surface area contributed by atoms with Gasteiger partial charge >= 0.3 is 7.60 Å². The molecule has 0 aromatic heterocycles. The molecule has 0 fully saturated rings. The van der Waals surface area contributed by atoms with Crippen LogP contribution in [0.4, 0.5) is 0 Å². The highest BCUT2D eigenvalue weighted by Gasteiger charge is 2.55. The summed E-state index contributed by atoms with van der Waals surface area (Å²) in [5.41, 5.74) is 0.122. The number of carbonyl (C=O) groups excluding carboxylic acids is 1. The summed E-state index contributed by atoms with van der Waals surface area (Å²) in [6, 6.07) is 9.80. The van der Waals surface area contributed by atoms with Crippen molar-refractivity contribution >= 4 is 29.3 Å². The molecule has 4 nitrogen and oxygen atoms in total. The Morgan fingerprint density at radius 1 is 1.00 bits per heavy atom. The smallest absolute Gasteiger partial charge is 0.319 e. The Labute approximate surface area is 135 Å². The lowest BCUT2D eigenvalue weighted by Gasteiger charge is -2.52. The van der Waals surface area contributed by atoms with Crippen LogP contribution in [0.25, 0.3) is 0 Å². The van der Waals surface area contributed by atoms with Crippen LogP contribution in [0.1, 0.15) is 12.0 Å². The lowest BCUT2D eigenvalue weighted by Crippen LogP contribution is -2.64. The Morgan fingerprint density at radius 3 is 1.73 bits per heavy atom. The van der Waals surface area contributed by atoms with E-state index >= 15 is 0 Å². The number of rotatable bonds is 6. The second kappa shape index (κ2) is 6.17. The second-order valence-corrected chi connectivity index (χ2v) is 20.7. The molecule has 0 amide bonds. The van der Waals surface area contributed by atoms with E-state index in [0.29, 0.717) is 0 Å². The molecular formula is C15H27O4PSi2. The van der Waals surface area contributed by atoms with Crippen LogP contribution < -0.4 is 0 Å². The number of hydrogen-bond donors (Lipinski definition) is 2. The van der Waals surface area contributed by atoms with Crippen LogP contribution in [0.15, 0.2) is 30.3 Å². The quantitative estimate of drug-likeness (QED) is 0.599. The third-order valence-corrected chi connectivity index (χ3v) is 15.9. The van der Waals surface area contributed by atoms with E-state index in [2.05, 4.69) is 39.3 Å². The standard InChI is InChI=1S/C15H27O4PSi2/c1-21(2,3)15(22(4,5)6,12-14(16)20(17,18)19)13-10-8-7-9-11-13/h7-11H,12H2,1-6H3,(H2,17,18,19). The molecule has 124 valence electrons. The van der Waals surface area contributed by atoms with Gasteiger partial charge in [-0.2, -0.15) is 0 Å². The molecule has 0 aliphatic heterocycles. The van der Waals surface area contributed by atoms with Gasteiger partial charge in [-0.3, -0.25) is 9.36 Å². The molecule has 22 heavy (non-hydrogen) atoms. The number of benzene rings is 1. The average molecular weight is 359 g/mol. The summed E-state index contributed by atoms with van der Waals surface area (Å²) < 4.78 is 11.1. The van der Waals surface area contributed by atoms with Gasteiger partial charge in [-0.25, -0.2) is 0 Å². The molecule has 0 spiro atoms. The molecule has 1 aromatic rings. The van der Waals surface area contributed by atoms with Crippen molar-refractivity contribution in [3.8, 4) is 0 Å². The van der Waals surface area contributed by atoms with Gasteiger partial charge in [0, 0.05) is 6.42 Å². The van der Waals surface area contributed by atoms with Crippen LogP contribution in [-0.4, -0.2) is 31.5 Å². The summed E-state index contributed by atoms with van der Waals surface area (Å²) in [6.07, 6.45) is -0.0628. The fourth-order valence-corrected chi connectivity index (χ4v) is 16.9. The van der Waals surface area contributed by atoms with Gasteiger partial charge in [0.1, 0.15) is 0 Å². The molecule has 2 N–H and O–H groups in total. The zero-order chi connectivity index (χ0) is 17.4. The van der Waals surface area contributed by atoms with Crippen LogP contribution in [0.3, 0.4) is 0 Å². The van der Waals surface area contributed by atoms with Crippen LogP contribution in [-0.2, 0) is 14.0 Å². The van der Waals surface area contributed by atoms with Gasteiger partial charge in [-0.05, 0) is 10.2 Å². The van der Waals surface area contributed by atoms with E-state index in [1.54, 1.807) is 0 Å². The lowest BCUT2D eigenvalue weighted by molar-refractivity contribution is -0.113. The molecule has 0 aliphatic carbocycles. The van der Waals surface area contributed by atoms with Gasteiger partial charge in [-0.1, -0.05) is 69.6 Å². The topological polar surface area (TPSA) is 74.6 Å². The normalized spacial score (nSPS) is 14.0. The molecule has 0 atom stereocenters. The number of carbonyl (C=O) groups is 1. The van der Waals surface area contributed by atoms with Crippen LogP contribution in [0, 0.1) is 0 Å². The Kier molecular flexibility index (Phi) is 5.47. The van der Waals surface area contributed by atoms with Crippen molar-refractivity contribution in [2.45, 2.75) is 50.4 Å². The van der Waals surface area contributed by atoms with E-state index < -0.39 is 33.9 Å². The minimum absolute atomic E-state index is 0.0628. The molecule has 0 saturated carbocycles. The first kappa shape index (κ1) is 19.5. The van der Waals surface area contributed by atoms with E-state index in [1.807, 2.05) is 30.3 Å². The summed E-state index contributed by atoms with van der Waals surface area (Å²) in [5, 5.41) is 0. The summed E-state index contributed by atoms with van der Waals surface area (Å²) in [6.45, 7) is 13.1. The van der Waals surface area contributed by atoms with Crippen molar-refractivity contribution in [2.24, 2.45) is 0 Å². The Morgan fingerprint density at radius 2 is 1.41 bits per heavy atom. The predicted octanol–water partition coefficient (Wildman–Crippen LogP) is 3.77. The first-order chi connectivity index (χ1) is 9.73. The van der Waals surface area contributed by atoms with Crippen LogP contribution in [0.5, 0.6) is 0 Å². The monoisotopic (exact) mass is 358 g/mol. The molecule has 0 bridgehead atoms. The highest BCUT2D eigenvalue weighted by Crippen LogP contribution is 2.49. The molecule has 7 heteroatoms. The Bertz CT molecular complexity index is 568. The van der Waals surface area contributed by atoms with E-state index in [1.165, 1.54) is 0 Å². The van der Waals surface area contributed by atoms with Gasteiger partial charge < -0.3 is 9.79 Å². The van der Waals surface area contributed by atoms with E-state index in [0.717, 1.165) is 5.56 Å². The molecule has 0 radical (unpaired) electrons. The molecular weight excluding hydrogens is 331 g/mol. The number of hydrogen-bond acceptors (Lipinski definition) is 2. The summed E-state index contributed by atoms with van der Waals surface area (Å²) in [5.74, 6) is 0. The first-order valence-corrected chi connectivity index (χ1v) is 16.0. The van der Waals surface area contributed by atoms with Gasteiger partial charge in [0.05, 0.1) is 16.1 Å². The molecule has 1 aromatic carbocycles. The van der Waals surface area contributed by atoms with E-state index in [4.69, 9.17) is 0 Å². The molecule has 0 unspecified atom stereocenters. The Balaban J connectivity index is 3.63. The zero-order valence-electron chi connectivity index (χ0n) is 14.3. The summed E-state index contributed by atoms with van der Waals surface area (Å²) in [7, 11) is -8.62. The highest BCUT2D eigenvalue weighted by atomic mass is 31.2. The third kappa shape index (κ3) is 3.68. The minimum atomic E-state index is -4.71. The average Bonchev–Trinajstić information content (AvgIpc) is 2.32. The van der Waals surface area contributed by atoms with Gasteiger partial charge in [0.2, 0.25) is 5.52 Å². The van der Waals surface area contributed by atoms with Gasteiger partial charge in [0.15, 0.2) is 0 Å². The van der Waals surface area contributed by atoms with Crippen molar-refractivity contribution in [2.75, 3.05) is 0 Å². The molecule has 1 rings (SSSR count). The summed E-state index contributed by atoms with van der Waals surface area (Å²) in [4.78, 5) is 30.9. The van der Waals surface area contributed by atoms with E-state index in [-0.39, 0.29) is 6.42 Å². The molecule has 0 saturated heterocycles. The second-order valence-electron chi connectivity index (χ2n) is 7.89. The maximum atomic E-state index is 12.2. The maximum absolute atomic E-state index is 12.2. The first-order valence-electron chi connectivity index (χ1n) is 7.38. The Hall–Kier alpha value is -0.526. The predicted molar refractivity (Wildman–Crippen MR) is 96.5 cm³/mol. The van der Waals surface area contributed by atoms with Crippen molar-refractivity contribution in [1.82, 2.24) is 0 Å². The van der Waals surface area contributed by atoms with Crippen molar-refractivity contribution in [1.29, 1.82) is 0 Å². The van der Waals surface area contributed by atoms with Crippen molar-refractivity contribution < 1.29 is 19.1 Å². The fourth-order valence-electron chi connectivity index (χ4n) is 3.68. The SMILES string of the molecule is C[Si](C)(C)C(CC(=O)P(=O)(O)O)(c1ccccc1)[Si](C)(C)C. The van der Waals surface area contributed by atoms with Crippen molar-refractivity contribution in [3.05, 3.63) is 35.9 Å². The van der Waals surface area contributed by atoms with E-state index in [9.17, 15) is 19.1 Å². The largest absolute Gasteiger partial charge is 0.391 e. The highest BCUT2D eigenvalue weighted by molar-refractivity contribution is 7.70. The zero-order valence-corrected chi connectivity index (χ0v) is 17.1.